The van der Waals surface area contributed by atoms with E-state index >= 15 is 0 Å². The molecule has 2 atom stereocenters. The first kappa shape index (κ1) is 16.3. The van der Waals surface area contributed by atoms with Crippen LogP contribution in [0.25, 0.3) is 0 Å². The third-order valence-electron chi connectivity index (χ3n) is 5.61. The number of piperazine rings is 1. The molecule has 0 bridgehead atoms. The average molecular weight is 280 g/mol. The fourth-order valence-electron chi connectivity index (χ4n) is 4.00. The van der Waals surface area contributed by atoms with Crippen LogP contribution in [0.5, 0.6) is 0 Å². The van der Waals surface area contributed by atoms with E-state index in [1.54, 1.807) is 0 Å². The van der Waals surface area contributed by atoms with Crippen molar-refractivity contribution in [2.45, 2.75) is 66.5 Å². The summed E-state index contributed by atoms with van der Waals surface area (Å²) in [7, 11) is 0. The minimum atomic E-state index is 0.727. The van der Waals surface area contributed by atoms with E-state index in [2.05, 4.69) is 51.8 Å². The number of hydrogen-bond acceptors (Lipinski definition) is 2. The van der Waals surface area contributed by atoms with Crippen LogP contribution in [0, 0.1) is 29.6 Å². The summed E-state index contributed by atoms with van der Waals surface area (Å²) >= 11 is 0. The van der Waals surface area contributed by atoms with E-state index in [-0.39, 0.29) is 0 Å². The predicted molar refractivity (Wildman–Crippen MR) is 87.9 cm³/mol. The van der Waals surface area contributed by atoms with E-state index < -0.39 is 0 Å². The molecule has 2 nitrogen and oxygen atoms in total. The minimum absolute atomic E-state index is 0.727. The van der Waals surface area contributed by atoms with Gasteiger partial charge in [-0.25, -0.2) is 0 Å². The highest BCUT2D eigenvalue weighted by molar-refractivity contribution is 4.96. The first-order chi connectivity index (χ1) is 9.40. The van der Waals surface area contributed by atoms with Crippen LogP contribution < -0.4 is 5.32 Å². The molecule has 2 rings (SSSR count). The van der Waals surface area contributed by atoms with Gasteiger partial charge in [0.1, 0.15) is 0 Å². The first-order valence-electron chi connectivity index (χ1n) is 8.87. The maximum Gasteiger partial charge on any atom is 0.0244 e. The van der Waals surface area contributed by atoms with Crippen LogP contribution in [-0.2, 0) is 0 Å². The molecular formula is C18H36N2. The summed E-state index contributed by atoms with van der Waals surface area (Å²) in [6.07, 6.45) is 2.91. The molecule has 2 aliphatic rings. The molecule has 2 unspecified atom stereocenters. The van der Waals surface area contributed by atoms with Gasteiger partial charge in [0.2, 0.25) is 0 Å². The second-order valence-corrected chi connectivity index (χ2v) is 8.27. The van der Waals surface area contributed by atoms with E-state index in [1.165, 1.54) is 32.5 Å². The summed E-state index contributed by atoms with van der Waals surface area (Å²) in [5.41, 5.74) is 0. The van der Waals surface area contributed by atoms with Gasteiger partial charge in [-0.05, 0) is 42.4 Å². The summed E-state index contributed by atoms with van der Waals surface area (Å²) in [5.74, 6) is 4.13. The Morgan fingerprint density at radius 3 is 2.05 bits per heavy atom. The molecule has 0 aromatic carbocycles. The highest BCUT2D eigenvalue weighted by Crippen LogP contribution is 2.35. The highest BCUT2D eigenvalue weighted by Gasteiger charge is 2.38. The van der Waals surface area contributed by atoms with Gasteiger partial charge in [0.25, 0.3) is 0 Å². The highest BCUT2D eigenvalue weighted by atomic mass is 15.2. The van der Waals surface area contributed by atoms with Crippen LogP contribution in [0.2, 0.25) is 0 Å². The summed E-state index contributed by atoms with van der Waals surface area (Å²) in [6, 6.07) is 1.50. The number of rotatable bonds is 6. The second-order valence-electron chi connectivity index (χ2n) is 8.27. The van der Waals surface area contributed by atoms with Crippen LogP contribution in [0.3, 0.4) is 0 Å². The van der Waals surface area contributed by atoms with Crippen molar-refractivity contribution in [2.24, 2.45) is 29.6 Å². The minimum Gasteiger partial charge on any atom is -0.311 e. The lowest BCUT2D eigenvalue weighted by molar-refractivity contribution is 0.0568. The Labute approximate surface area is 126 Å². The smallest absolute Gasteiger partial charge is 0.0244 e. The van der Waals surface area contributed by atoms with Crippen molar-refractivity contribution in [3.05, 3.63) is 0 Å². The molecule has 1 N–H and O–H groups in total. The van der Waals surface area contributed by atoms with Crippen molar-refractivity contribution in [1.29, 1.82) is 0 Å². The normalized spacial score (nSPS) is 29.1. The molecule has 0 spiro atoms. The van der Waals surface area contributed by atoms with Crippen molar-refractivity contribution in [3.63, 3.8) is 0 Å². The molecule has 20 heavy (non-hydrogen) atoms. The van der Waals surface area contributed by atoms with E-state index in [0.717, 1.165) is 41.7 Å². The zero-order chi connectivity index (χ0) is 14.9. The molecule has 1 aliphatic carbocycles. The van der Waals surface area contributed by atoms with Crippen LogP contribution in [0.1, 0.15) is 54.4 Å². The summed E-state index contributed by atoms with van der Waals surface area (Å²) in [4.78, 5) is 2.83. The van der Waals surface area contributed by atoms with Gasteiger partial charge < -0.3 is 5.32 Å². The van der Waals surface area contributed by atoms with Gasteiger partial charge in [0.15, 0.2) is 0 Å². The van der Waals surface area contributed by atoms with Gasteiger partial charge in [-0.1, -0.05) is 41.5 Å². The van der Waals surface area contributed by atoms with Crippen molar-refractivity contribution in [1.82, 2.24) is 10.2 Å². The van der Waals surface area contributed by atoms with Crippen LogP contribution in [0.15, 0.2) is 0 Å². The molecule has 118 valence electrons. The van der Waals surface area contributed by atoms with Gasteiger partial charge in [-0.15, -0.1) is 0 Å². The molecule has 1 saturated carbocycles. The van der Waals surface area contributed by atoms with Crippen molar-refractivity contribution in [3.8, 4) is 0 Å². The first-order valence-corrected chi connectivity index (χ1v) is 8.87. The quantitative estimate of drug-likeness (QED) is 0.799. The lowest BCUT2D eigenvalue weighted by Crippen LogP contribution is -2.60. The Kier molecular flexibility index (Phi) is 5.53. The average Bonchev–Trinajstić information content (AvgIpc) is 3.18. The Hall–Kier alpha value is -0.0800. The van der Waals surface area contributed by atoms with Crippen molar-refractivity contribution in [2.75, 3.05) is 19.6 Å². The molecule has 0 aromatic rings. The number of nitrogens with zero attached hydrogens (tertiary/aromatic N) is 1. The molecule has 1 heterocycles. The summed E-state index contributed by atoms with van der Waals surface area (Å²) < 4.78 is 0. The van der Waals surface area contributed by atoms with Gasteiger partial charge in [-0.2, -0.15) is 0 Å². The molecule has 1 aliphatic heterocycles. The third-order valence-corrected chi connectivity index (χ3v) is 5.61. The standard InChI is InChI=1S/C18H36N2/c1-12(2)16(13(3)4)10-20-11-17(15-7-8-15)19-9-18(20)14(5)6/h12-19H,7-11H2,1-6H3. The van der Waals surface area contributed by atoms with Crippen LogP contribution in [-0.4, -0.2) is 36.6 Å². The van der Waals surface area contributed by atoms with Crippen molar-refractivity contribution < 1.29 is 0 Å². The Balaban J connectivity index is 2.01. The molecule has 0 aromatic heterocycles. The molecule has 0 amide bonds. The maximum absolute atomic E-state index is 3.83. The maximum atomic E-state index is 3.83. The Morgan fingerprint density at radius 2 is 1.60 bits per heavy atom. The molecule has 2 heteroatoms. The Morgan fingerprint density at radius 1 is 1.00 bits per heavy atom. The van der Waals surface area contributed by atoms with Gasteiger partial charge in [-0.3, -0.25) is 4.90 Å². The third kappa shape index (κ3) is 3.98. The summed E-state index contributed by atoms with van der Waals surface area (Å²) in [6.45, 7) is 18.1. The van der Waals surface area contributed by atoms with E-state index in [4.69, 9.17) is 0 Å². The lowest BCUT2D eigenvalue weighted by Gasteiger charge is -2.45. The SMILES string of the molecule is CC(C)C(CN1CC(C2CC2)NCC1C(C)C)C(C)C. The van der Waals surface area contributed by atoms with Gasteiger partial charge >= 0.3 is 0 Å². The summed E-state index contributed by atoms with van der Waals surface area (Å²) in [5, 5.41) is 3.83. The van der Waals surface area contributed by atoms with Crippen LogP contribution >= 0.6 is 0 Å². The number of nitrogens with one attached hydrogen (secondary N) is 1. The molecule has 1 saturated heterocycles. The second kappa shape index (κ2) is 6.79. The monoisotopic (exact) mass is 280 g/mol. The molecule has 0 radical (unpaired) electrons. The molecular weight excluding hydrogens is 244 g/mol. The zero-order valence-corrected chi connectivity index (χ0v) is 14.5. The largest absolute Gasteiger partial charge is 0.311 e. The van der Waals surface area contributed by atoms with Gasteiger partial charge in [0.05, 0.1) is 0 Å². The fraction of sp³-hybridized carbons (Fsp3) is 1.00. The lowest BCUT2D eigenvalue weighted by atomic mass is 9.84. The fourth-order valence-corrected chi connectivity index (χ4v) is 4.00. The van der Waals surface area contributed by atoms with E-state index in [9.17, 15) is 0 Å². The van der Waals surface area contributed by atoms with Crippen LogP contribution in [0.4, 0.5) is 0 Å². The molecule has 2 fully saturated rings. The van der Waals surface area contributed by atoms with Gasteiger partial charge in [0, 0.05) is 31.7 Å². The Bertz CT molecular complexity index is 286. The van der Waals surface area contributed by atoms with Crippen molar-refractivity contribution >= 4 is 0 Å². The topological polar surface area (TPSA) is 15.3 Å². The predicted octanol–water partition coefficient (Wildman–Crippen LogP) is 3.62. The van der Waals surface area contributed by atoms with E-state index in [1.807, 2.05) is 0 Å². The number of hydrogen-bond donors (Lipinski definition) is 1. The zero-order valence-electron chi connectivity index (χ0n) is 14.5. The van der Waals surface area contributed by atoms with E-state index in [0.29, 0.717) is 0 Å².